The Morgan fingerprint density at radius 3 is 2.60 bits per heavy atom. The second kappa shape index (κ2) is 9.55. The highest BCUT2D eigenvalue weighted by molar-refractivity contribution is 7.13. The summed E-state index contributed by atoms with van der Waals surface area (Å²) in [6.45, 7) is 2.34. The maximum absolute atomic E-state index is 12.9. The summed E-state index contributed by atoms with van der Waals surface area (Å²) in [7, 11) is 1.73. The number of aryl methyl sites for hydroxylation is 1. The maximum Gasteiger partial charge on any atom is 0.263 e. The number of nitrogens with zero attached hydrogens (tertiary/aromatic N) is 4. The fourth-order valence-corrected chi connectivity index (χ4v) is 4.09. The number of rotatable bonds is 7. The van der Waals surface area contributed by atoms with Crippen LogP contribution < -0.4 is 14.8 Å². The third-order valence-electron chi connectivity index (χ3n) is 5.31. The third-order valence-corrected chi connectivity index (χ3v) is 6.00. The van der Waals surface area contributed by atoms with Crippen LogP contribution in [0.4, 0.5) is 5.13 Å². The normalized spacial score (nSPS) is 15.3. The average Bonchev–Trinajstić information content (AvgIpc) is 3.59. The van der Waals surface area contributed by atoms with Crippen molar-refractivity contribution in [2.45, 2.75) is 19.4 Å². The van der Waals surface area contributed by atoms with Gasteiger partial charge in [-0.05, 0) is 36.4 Å². The Kier molecular flexibility index (Phi) is 6.15. The van der Waals surface area contributed by atoms with E-state index in [0.29, 0.717) is 52.7 Å². The predicted octanol–water partition coefficient (Wildman–Crippen LogP) is 4.16. The van der Waals surface area contributed by atoms with E-state index in [4.69, 9.17) is 13.9 Å². The molecule has 1 atom stereocenters. The van der Waals surface area contributed by atoms with E-state index in [9.17, 15) is 9.59 Å². The number of likely N-dealkylation sites (N-methyl/N-ethyl adjacent to an activating group) is 1. The number of likely N-dealkylation sites (tertiary alicyclic amines) is 1. The number of aromatic nitrogens is 3. The summed E-state index contributed by atoms with van der Waals surface area (Å²) < 4.78 is 17.4. The first-order valence-corrected chi connectivity index (χ1v) is 11.7. The molecule has 1 aliphatic heterocycles. The van der Waals surface area contributed by atoms with Gasteiger partial charge >= 0.3 is 0 Å². The van der Waals surface area contributed by atoms with Crippen LogP contribution in [-0.2, 0) is 4.79 Å². The highest BCUT2D eigenvalue weighted by atomic mass is 32.1. The van der Waals surface area contributed by atoms with E-state index in [1.54, 1.807) is 72.9 Å². The third kappa shape index (κ3) is 5.14. The van der Waals surface area contributed by atoms with Gasteiger partial charge in [0, 0.05) is 55.7 Å². The van der Waals surface area contributed by atoms with E-state index < -0.39 is 6.10 Å². The van der Waals surface area contributed by atoms with E-state index in [0.717, 1.165) is 5.56 Å². The SMILES string of the molecule is Cc1nnc(-c2ccc(Oc3cc(O[C@@H]4CCN(C)C4=O)cc(C(=O)Nc4nccs4)c3)cc2)o1. The zero-order valence-corrected chi connectivity index (χ0v) is 19.7. The van der Waals surface area contributed by atoms with Gasteiger partial charge in [-0.15, -0.1) is 21.5 Å². The fraction of sp³-hybridized carbons (Fsp3) is 0.208. The van der Waals surface area contributed by atoms with Crippen LogP contribution in [0.1, 0.15) is 22.7 Å². The van der Waals surface area contributed by atoms with Crippen LogP contribution in [0, 0.1) is 6.92 Å². The molecule has 0 aliphatic carbocycles. The summed E-state index contributed by atoms with van der Waals surface area (Å²) in [5, 5.41) is 12.8. The number of amides is 2. The molecule has 1 aliphatic rings. The molecule has 35 heavy (non-hydrogen) atoms. The van der Waals surface area contributed by atoms with Gasteiger partial charge in [-0.3, -0.25) is 14.9 Å². The Hall–Kier alpha value is -4.25. The molecule has 3 heterocycles. The molecule has 1 N–H and O–H groups in total. The van der Waals surface area contributed by atoms with Crippen LogP contribution in [0.2, 0.25) is 0 Å². The van der Waals surface area contributed by atoms with Crippen molar-refractivity contribution >= 4 is 28.3 Å². The number of hydrogen-bond donors (Lipinski definition) is 1. The molecule has 0 spiro atoms. The molecule has 2 amide bonds. The van der Waals surface area contributed by atoms with Crippen molar-refractivity contribution in [2.24, 2.45) is 0 Å². The minimum absolute atomic E-state index is 0.100. The van der Waals surface area contributed by atoms with E-state index >= 15 is 0 Å². The Morgan fingerprint density at radius 2 is 1.94 bits per heavy atom. The molecule has 1 saturated heterocycles. The predicted molar refractivity (Wildman–Crippen MR) is 128 cm³/mol. The molecular weight excluding hydrogens is 470 g/mol. The second-order valence-electron chi connectivity index (χ2n) is 7.89. The van der Waals surface area contributed by atoms with Gasteiger partial charge in [0.15, 0.2) is 11.2 Å². The van der Waals surface area contributed by atoms with Crippen molar-refractivity contribution < 1.29 is 23.5 Å². The van der Waals surface area contributed by atoms with E-state index in [1.165, 1.54) is 11.3 Å². The number of carbonyl (C=O) groups is 2. The molecule has 0 radical (unpaired) electrons. The monoisotopic (exact) mass is 491 g/mol. The molecule has 0 unspecified atom stereocenters. The average molecular weight is 492 g/mol. The lowest BCUT2D eigenvalue weighted by atomic mass is 10.1. The van der Waals surface area contributed by atoms with Gasteiger partial charge in [-0.1, -0.05) is 0 Å². The number of carbonyl (C=O) groups excluding carboxylic acids is 2. The lowest BCUT2D eigenvalue weighted by molar-refractivity contribution is -0.132. The number of hydrogen-bond acceptors (Lipinski definition) is 9. The Balaban J connectivity index is 1.40. The number of nitrogens with one attached hydrogen (secondary N) is 1. The molecule has 11 heteroatoms. The van der Waals surface area contributed by atoms with Crippen molar-refractivity contribution in [2.75, 3.05) is 18.9 Å². The number of anilines is 1. The fourth-order valence-electron chi connectivity index (χ4n) is 3.56. The number of thiazole rings is 1. The summed E-state index contributed by atoms with van der Waals surface area (Å²) in [4.78, 5) is 30.9. The highest BCUT2D eigenvalue weighted by Crippen LogP contribution is 2.31. The first kappa shape index (κ1) is 22.5. The van der Waals surface area contributed by atoms with Crippen molar-refractivity contribution in [3.8, 4) is 28.7 Å². The summed E-state index contributed by atoms with van der Waals surface area (Å²) >= 11 is 1.31. The number of ether oxygens (including phenoxy) is 2. The molecule has 4 aromatic rings. The molecule has 0 bridgehead atoms. The van der Waals surface area contributed by atoms with Gasteiger partial charge in [0.05, 0.1) is 0 Å². The first-order valence-electron chi connectivity index (χ1n) is 10.8. The van der Waals surface area contributed by atoms with Crippen LogP contribution in [0.3, 0.4) is 0 Å². The largest absolute Gasteiger partial charge is 0.480 e. The van der Waals surface area contributed by atoms with Crippen LogP contribution in [0.25, 0.3) is 11.5 Å². The Labute approximate surface area is 204 Å². The molecule has 5 rings (SSSR count). The van der Waals surface area contributed by atoms with Crippen LogP contribution in [0.5, 0.6) is 17.2 Å². The van der Waals surface area contributed by atoms with Crippen molar-refractivity contribution in [3.05, 3.63) is 65.5 Å². The molecule has 2 aromatic carbocycles. The van der Waals surface area contributed by atoms with E-state index in [2.05, 4.69) is 20.5 Å². The summed E-state index contributed by atoms with van der Waals surface area (Å²) in [6, 6.07) is 12.0. The van der Waals surface area contributed by atoms with Crippen LogP contribution in [0.15, 0.2) is 58.5 Å². The summed E-state index contributed by atoms with van der Waals surface area (Å²) in [5.74, 6) is 1.70. The van der Waals surface area contributed by atoms with Gasteiger partial charge < -0.3 is 18.8 Å². The van der Waals surface area contributed by atoms with Gasteiger partial charge in [0.1, 0.15) is 17.2 Å². The zero-order valence-electron chi connectivity index (χ0n) is 18.9. The lowest BCUT2D eigenvalue weighted by Crippen LogP contribution is -2.29. The summed E-state index contributed by atoms with van der Waals surface area (Å²) in [5.41, 5.74) is 1.06. The van der Waals surface area contributed by atoms with Gasteiger partial charge in [-0.25, -0.2) is 4.98 Å². The van der Waals surface area contributed by atoms with Crippen molar-refractivity contribution in [1.29, 1.82) is 0 Å². The Morgan fingerprint density at radius 1 is 1.14 bits per heavy atom. The van der Waals surface area contributed by atoms with Crippen LogP contribution in [-0.4, -0.2) is 51.6 Å². The second-order valence-corrected chi connectivity index (χ2v) is 8.79. The highest BCUT2D eigenvalue weighted by Gasteiger charge is 2.31. The van der Waals surface area contributed by atoms with Gasteiger partial charge in [0.25, 0.3) is 11.8 Å². The zero-order chi connectivity index (χ0) is 24.4. The Bertz CT molecular complexity index is 1350. The minimum atomic E-state index is -0.609. The quantitative estimate of drug-likeness (QED) is 0.409. The van der Waals surface area contributed by atoms with Gasteiger partial charge in [0.2, 0.25) is 11.8 Å². The molecule has 0 saturated carbocycles. The maximum atomic E-state index is 12.9. The smallest absolute Gasteiger partial charge is 0.263 e. The number of benzene rings is 2. The van der Waals surface area contributed by atoms with Gasteiger partial charge in [-0.2, -0.15) is 0 Å². The minimum Gasteiger partial charge on any atom is -0.480 e. The van der Waals surface area contributed by atoms with Crippen molar-refractivity contribution in [3.63, 3.8) is 0 Å². The lowest BCUT2D eigenvalue weighted by Gasteiger charge is -2.15. The molecule has 2 aromatic heterocycles. The molecule has 178 valence electrons. The standard InChI is InChI=1S/C24H21N5O5S/c1-14-27-28-22(32-14)15-3-5-17(6-4-15)33-18-11-16(21(30)26-24-25-8-10-35-24)12-19(13-18)34-20-7-9-29(2)23(20)31/h3-6,8,10-13,20H,7,9H2,1-2H3,(H,25,26,30)/t20-/m1/s1. The molecule has 1 fully saturated rings. The molecular formula is C24H21N5O5S. The topological polar surface area (TPSA) is 120 Å². The van der Waals surface area contributed by atoms with E-state index in [1.807, 2.05) is 0 Å². The summed E-state index contributed by atoms with van der Waals surface area (Å²) in [6.07, 6.45) is 1.57. The molecule has 10 nitrogen and oxygen atoms in total. The van der Waals surface area contributed by atoms with E-state index in [-0.39, 0.29) is 11.8 Å². The van der Waals surface area contributed by atoms with Crippen LogP contribution >= 0.6 is 11.3 Å². The van der Waals surface area contributed by atoms with Crippen molar-refractivity contribution in [1.82, 2.24) is 20.1 Å². The first-order chi connectivity index (χ1) is 16.9.